The summed E-state index contributed by atoms with van der Waals surface area (Å²) >= 11 is 0. The summed E-state index contributed by atoms with van der Waals surface area (Å²) in [6, 6.07) is 5.28. The monoisotopic (exact) mass is 221 g/mol. The highest BCUT2D eigenvalue weighted by Crippen LogP contribution is 2.30. The predicted molar refractivity (Wildman–Crippen MR) is 57.7 cm³/mol. The van der Waals surface area contributed by atoms with E-state index in [2.05, 4.69) is 15.2 Å². The lowest BCUT2D eigenvalue weighted by Gasteiger charge is -2.07. The molecular formula is C10H11N3O3. The van der Waals surface area contributed by atoms with Crippen LogP contribution >= 0.6 is 0 Å². The lowest BCUT2D eigenvalue weighted by atomic mass is 10.2. The van der Waals surface area contributed by atoms with Crippen molar-refractivity contribution >= 4 is 0 Å². The average Bonchev–Trinajstić information content (AvgIpc) is 2.75. The Hall–Kier alpha value is -2.24. The first-order valence-electron chi connectivity index (χ1n) is 4.61. The van der Waals surface area contributed by atoms with Crippen LogP contribution in [0.1, 0.15) is 0 Å². The number of aromatic amines is 2. The zero-order valence-electron chi connectivity index (χ0n) is 8.90. The standard InChI is InChI=1S/C10H11N3O3/c1-15-7-4-3-6(5-8(7)16-2)9-11-10(14)13-12-9/h3-5H,1-2H3,(H2,11,12,13,14). The van der Waals surface area contributed by atoms with Crippen LogP contribution in [0.4, 0.5) is 0 Å². The van der Waals surface area contributed by atoms with E-state index in [0.29, 0.717) is 17.3 Å². The van der Waals surface area contributed by atoms with Gasteiger partial charge in [-0.3, -0.25) is 4.98 Å². The number of ether oxygens (including phenoxy) is 2. The predicted octanol–water partition coefficient (Wildman–Crippen LogP) is 0.782. The van der Waals surface area contributed by atoms with Crippen LogP contribution in [0.25, 0.3) is 11.4 Å². The first-order chi connectivity index (χ1) is 7.74. The van der Waals surface area contributed by atoms with E-state index in [4.69, 9.17) is 9.47 Å². The van der Waals surface area contributed by atoms with Crippen molar-refractivity contribution in [3.63, 3.8) is 0 Å². The molecule has 2 rings (SSSR count). The highest BCUT2D eigenvalue weighted by molar-refractivity contribution is 5.60. The Morgan fingerprint density at radius 1 is 1.19 bits per heavy atom. The van der Waals surface area contributed by atoms with Crippen LogP contribution in [0.3, 0.4) is 0 Å². The van der Waals surface area contributed by atoms with E-state index in [-0.39, 0.29) is 5.69 Å². The van der Waals surface area contributed by atoms with E-state index < -0.39 is 0 Å². The molecule has 0 aliphatic heterocycles. The van der Waals surface area contributed by atoms with Crippen LogP contribution in [0.15, 0.2) is 23.0 Å². The minimum absolute atomic E-state index is 0.343. The molecule has 84 valence electrons. The fraction of sp³-hybridized carbons (Fsp3) is 0.200. The van der Waals surface area contributed by atoms with Crippen molar-refractivity contribution < 1.29 is 9.47 Å². The quantitative estimate of drug-likeness (QED) is 0.802. The molecule has 16 heavy (non-hydrogen) atoms. The lowest BCUT2D eigenvalue weighted by molar-refractivity contribution is 0.355. The minimum Gasteiger partial charge on any atom is -0.493 e. The summed E-state index contributed by atoms with van der Waals surface area (Å²) < 4.78 is 10.3. The average molecular weight is 221 g/mol. The van der Waals surface area contributed by atoms with Crippen molar-refractivity contribution in [2.75, 3.05) is 14.2 Å². The highest BCUT2D eigenvalue weighted by atomic mass is 16.5. The number of nitrogens with zero attached hydrogens (tertiary/aromatic N) is 1. The number of nitrogens with one attached hydrogen (secondary N) is 2. The Kier molecular flexibility index (Phi) is 2.63. The summed E-state index contributed by atoms with van der Waals surface area (Å²) in [6.45, 7) is 0. The molecule has 2 aromatic rings. The van der Waals surface area contributed by atoms with Crippen molar-refractivity contribution in [2.45, 2.75) is 0 Å². The van der Waals surface area contributed by atoms with Crippen molar-refractivity contribution in [2.24, 2.45) is 0 Å². The molecule has 0 radical (unpaired) electrons. The zero-order valence-corrected chi connectivity index (χ0v) is 8.90. The zero-order chi connectivity index (χ0) is 11.5. The van der Waals surface area contributed by atoms with Gasteiger partial charge in [-0.05, 0) is 18.2 Å². The van der Waals surface area contributed by atoms with Crippen molar-refractivity contribution in [3.05, 3.63) is 28.7 Å². The second-order valence-corrected chi connectivity index (χ2v) is 3.10. The molecule has 1 aromatic heterocycles. The molecule has 0 unspecified atom stereocenters. The van der Waals surface area contributed by atoms with Crippen LogP contribution in [0, 0.1) is 0 Å². The summed E-state index contributed by atoms with van der Waals surface area (Å²) in [7, 11) is 3.11. The van der Waals surface area contributed by atoms with Crippen molar-refractivity contribution in [1.29, 1.82) is 0 Å². The fourth-order valence-electron chi connectivity index (χ4n) is 1.39. The number of H-pyrrole nitrogens is 2. The van der Waals surface area contributed by atoms with Gasteiger partial charge in [0.25, 0.3) is 0 Å². The van der Waals surface area contributed by atoms with Gasteiger partial charge in [-0.1, -0.05) is 0 Å². The molecule has 0 aliphatic rings. The van der Waals surface area contributed by atoms with Crippen molar-refractivity contribution in [1.82, 2.24) is 15.2 Å². The van der Waals surface area contributed by atoms with Gasteiger partial charge in [-0.25, -0.2) is 9.89 Å². The van der Waals surface area contributed by atoms with E-state index in [1.54, 1.807) is 32.4 Å². The van der Waals surface area contributed by atoms with Gasteiger partial charge in [0.2, 0.25) is 0 Å². The Morgan fingerprint density at radius 3 is 2.50 bits per heavy atom. The Bertz CT molecular complexity index is 544. The third-order valence-electron chi connectivity index (χ3n) is 2.16. The summed E-state index contributed by atoms with van der Waals surface area (Å²) in [5.41, 5.74) is 0.404. The van der Waals surface area contributed by atoms with E-state index >= 15 is 0 Å². The lowest BCUT2D eigenvalue weighted by Crippen LogP contribution is -2.00. The van der Waals surface area contributed by atoms with E-state index in [9.17, 15) is 4.79 Å². The number of hydrogen-bond donors (Lipinski definition) is 2. The molecule has 0 bridgehead atoms. The molecule has 0 atom stereocenters. The summed E-state index contributed by atoms with van der Waals surface area (Å²) in [5.74, 6) is 1.68. The number of hydrogen-bond acceptors (Lipinski definition) is 4. The van der Waals surface area contributed by atoms with Gasteiger partial charge in [-0.2, -0.15) is 5.10 Å². The molecular weight excluding hydrogens is 210 g/mol. The summed E-state index contributed by atoms with van der Waals surface area (Å²) in [6.07, 6.45) is 0. The highest BCUT2D eigenvalue weighted by Gasteiger charge is 2.08. The van der Waals surface area contributed by atoms with Gasteiger partial charge in [0.05, 0.1) is 14.2 Å². The summed E-state index contributed by atoms with van der Waals surface area (Å²) in [4.78, 5) is 13.5. The van der Waals surface area contributed by atoms with Crippen molar-refractivity contribution in [3.8, 4) is 22.9 Å². The van der Waals surface area contributed by atoms with Gasteiger partial charge >= 0.3 is 5.69 Å². The Labute approximate surface area is 91.2 Å². The first kappa shape index (κ1) is 10.3. The molecule has 2 N–H and O–H groups in total. The minimum atomic E-state index is -0.343. The first-order valence-corrected chi connectivity index (χ1v) is 4.61. The maximum absolute atomic E-state index is 10.9. The third kappa shape index (κ3) is 1.77. The van der Waals surface area contributed by atoms with Crippen LogP contribution in [0.2, 0.25) is 0 Å². The Morgan fingerprint density at radius 2 is 1.94 bits per heavy atom. The molecule has 0 saturated carbocycles. The molecule has 1 aromatic carbocycles. The number of aromatic nitrogens is 3. The van der Waals surface area contributed by atoms with Crippen LogP contribution < -0.4 is 15.2 Å². The van der Waals surface area contributed by atoms with Gasteiger partial charge in [0.1, 0.15) is 0 Å². The molecule has 6 heteroatoms. The van der Waals surface area contributed by atoms with E-state index in [0.717, 1.165) is 5.56 Å². The Balaban J connectivity index is 2.47. The molecule has 0 saturated heterocycles. The van der Waals surface area contributed by atoms with Gasteiger partial charge in [-0.15, -0.1) is 0 Å². The maximum atomic E-state index is 10.9. The SMILES string of the molecule is COc1ccc(-c2n[nH]c(=O)[nH]2)cc1OC. The molecule has 0 fully saturated rings. The summed E-state index contributed by atoms with van der Waals surface area (Å²) in [5, 5.41) is 6.13. The largest absolute Gasteiger partial charge is 0.493 e. The van der Waals surface area contributed by atoms with Gasteiger partial charge < -0.3 is 9.47 Å². The van der Waals surface area contributed by atoms with Crippen LogP contribution in [-0.2, 0) is 0 Å². The van der Waals surface area contributed by atoms with E-state index in [1.807, 2.05) is 0 Å². The molecule has 6 nitrogen and oxygen atoms in total. The topological polar surface area (TPSA) is 80.0 Å². The molecule has 1 heterocycles. The number of methoxy groups -OCH3 is 2. The van der Waals surface area contributed by atoms with E-state index in [1.165, 1.54) is 0 Å². The second kappa shape index (κ2) is 4.09. The third-order valence-corrected chi connectivity index (χ3v) is 2.16. The second-order valence-electron chi connectivity index (χ2n) is 3.10. The molecule has 0 amide bonds. The normalized spacial score (nSPS) is 10.1. The van der Waals surface area contributed by atoms with Gasteiger partial charge in [0.15, 0.2) is 17.3 Å². The molecule has 0 aliphatic carbocycles. The number of rotatable bonds is 3. The van der Waals surface area contributed by atoms with Gasteiger partial charge in [0, 0.05) is 5.56 Å². The maximum Gasteiger partial charge on any atom is 0.340 e. The molecule has 0 spiro atoms. The van der Waals surface area contributed by atoms with Crippen LogP contribution in [0.5, 0.6) is 11.5 Å². The fourth-order valence-corrected chi connectivity index (χ4v) is 1.39. The van der Waals surface area contributed by atoms with Crippen LogP contribution in [-0.4, -0.2) is 29.4 Å². The smallest absolute Gasteiger partial charge is 0.340 e. The number of benzene rings is 1.